The number of nitrogens with zero attached hydrogens (tertiary/aromatic N) is 3. The van der Waals surface area contributed by atoms with Crippen molar-refractivity contribution in [3.05, 3.63) is 18.0 Å². The molecule has 2 aliphatic rings. The van der Waals surface area contributed by atoms with Gasteiger partial charge in [-0.25, -0.2) is 0 Å². The van der Waals surface area contributed by atoms with Crippen molar-refractivity contribution in [1.82, 2.24) is 20.3 Å². The molecule has 1 aromatic heterocycles. The normalized spacial score (nSPS) is 25.0. The van der Waals surface area contributed by atoms with E-state index in [1.807, 2.05) is 0 Å². The molecule has 1 atom stereocenters. The molecule has 2 fully saturated rings. The predicted molar refractivity (Wildman–Crippen MR) is 87.8 cm³/mol. The first-order valence-corrected chi connectivity index (χ1v) is 8.71. The summed E-state index contributed by atoms with van der Waals surface area (Å²) in [5.74, 6) is 0.136. The van der Waals surface area contributed by atoms with E-state index in [-0.39, 0.29) is 11.9 Å². The smallest absolute Gasteiger partial charge is 0.237 e. The van der Waals surface area contributed by atoms with Crippen LogP contribution in [-0.4, -0.2) is 60.1 Å². The highest BCUT2D eigenvalue weighted by atomic mass is 16.5. The molecule has 2 saturated heterocycles. The van der Waals surface area contributed by atoms with Gasteiger partial charge in [0.05, 0.1) is 12.6 Å². The quantitative estimate of drug-likeness (QED) is 0.890. The Morgan fingerprint density at radius 2 is 2.26 bits per heavy atom. The van der Waals surface area contributed by atoms with Crippen molar-refractivity contribution >= 4 is 5.91 Å². The standard InChI is InChI=1S/C17H28N4O2/c1-3-7-21-13-17(5-8-20(2)9-6-17)11-15(21)16(22)18-12-14-4-10-23-19-14/h4,10,15H,3,5-9,11-13H2,1-2H3,(H,18,22). The monoisotopic (exact) mass is 320 g/mol. The maximum atomic E-state index is 12.7. The van der Waals surface area contributed by atoms with Gasteiger partial charge in [0.15, 0.2) is 0 Å². The number of aromatic nitrogens is 1. The second-order valence-corrected chi connectivity index (χ2v) is 7.20. The first kappa shape index (κ1) is 16.5. The second-order valence-electron chi connectivity index (χ2n) is 7.20. The zero-order chi connectivity index (χ0) is 16.3. The average molecular weight is 320 g/mol. The zero-order valence-corrected chi connectivity index (χ0v) is 14.3. The first-order chi connectivity index (χ1) is 11.1. The van der Waals surface area contributed by atoms with Crippen molar-refractivity contribution < 1.29 is 9.32 Å². The van der Waals surface area contributed by atoms with E-state index in [9.17, 15) is 4.79 Å². The number of carbonyl (C=O) groups excluding carboxylic acids is 1. The lowest BCUT2D eigenvalue weighted by atomic mass is 9.76. The molecule has 1 amide bonds. The van der Waals surface area contributed by atoms with E-state index < -0.39 is 0 Å². The Bertz CT molecular complexity index is 509. The van der Waals surface area contributed by atoms with Gasteiger partial charge in [-0.1, -0.05) is 12.1 Å². The number of amides is 1. The molecule has 1 aromatic rings. The van der Waals surface area contributed by atoms with Gasteiger partial charge in [-0.2, -0.15) is 0 Å². The Kier molecular flexibility index (Phi) is 5.02. The summed E-state index contributed by atoms with van der Waals surface area (Å²) in [5.41, 5.74) is 1.10. The predicted octanol–water partition coefficient (Wildman–Crippen LogP) is 1.49. The fraction of sp³-hybridized carbons (Fsp3) is 0.765. The number of carbonyl (C=O) groups is 1. The third-order valence-corrected chi connectivity index (χ3v) is 5.40. The fourth-order valence-corrected chi connectivity index (χ4v) is 4.00. The van der Waals surface area contributed by atoms with Crippen LogP contribution in [-0.2, 0) is 11.3 Å². The third kappa shape index (κ3) is 3.75. The van der Waals surface area contributed by atoms with Crippen LogP contribution < -0.4 is 5.32 Å². The van der Waals surface area contributed by atoms with Crippen LogP contribution in [0.5, 0.6) is 0 Å². The largest absolute Gasteiger partial charge is 0.364 e. The van der Waals surface area contributed by atoms with E-state index >= 15 is 0 Å². The van der Waals surface area contributed by atoms with Gasteiger partial charge in [0.2, 0.25) is 5.91 Å². The Morgan fingerprint density at radius 3 is 2.91 bits per heavy atom. The summed E-state index contributed by atoms with van der Waals surface area (Å²) in [7, 11) is 2.19. The summed E-state index contributed by atoms with van der Waals surface area (Å²) in [4.78, 5) is 17.5. The molecule has 2 aliphatic heterocycles. The summed E-state index contributed by atoms with van der Waals surface area (Å²) in [6.45, 7) is 6.99. The van der Waals surface area contributed by atoms with E-state index in [0.29, 0.717) is 12.0 Å². The van der Waals surface area contributed by atoms with Crippen molar-refractivity contribution in [3.63, 3.8) is 0 Å². The lowest BCUT2D eigenvalue weighted by Crippen LogP contribution is -2.43. The molecule has 3 rings (SSSR count). The molecule has 3 heterocycles. The van der Waals surface area contributed by atoms with Crippen molar-refractivity contribution in [3.8, 4) is 0 Å². The SMILES string of the molecule is CCCN1CC2(CCN(C)CC2)CC1C(=O)NCc1ccon1. The first-order valence-electron chi connectivity index (χ1n) is 8.71. The van der Waals surface area contributed by atoms with Crippen molar-refractivity contribution in [2.45, 2.75) is 45.2 Å². The van der Waals surface area contributed by atoms with Gasteiger partial charge in [-0.05, 0) is 57.8 Å². The van der Waals surface area contributed by atoms with Crippen LogP contribution in [0.4, 0.5) is 0 Å². The maximum absolute atomic E-state index is 12.7. The third-order valence-electron chi connectivity index (χ3n) is 5.40. The summed E-state index contributed by atoms with van der Waals surface area (Å²) >= 11 is 0. The lowest BCUT2D eigenvalue weighted by Gasteiger charge is -2.37. The molecule has 6 heteroatoms. The second kappa shape index (κ2) is 7.01. The molecule has 0 bridgehead atoms. The van der Waals surface area contributed by atoms with Gasteiger partial charge < -0.3 is 14.7 Å². The van der Waals surface area contributed by atoms with Gasteiger partial charge in [-0.3, -0.25) is 9.69 Å². The molecule has 0 aromatic carbocycles. The van der Waals surface area contributed by atoms with Gasteiger partial charge in [0.25, 0.3) is 0 Å². The highest BCUT2D eigenvalue weighted by Gasteiger charge is 2.47. The number of nitrogens with one attached hydrogen (secondary N) is 1. The van der Waals surface area contributed by atoms with Crippen LogP contribution in [0.3, 0.4) is 0 Å². The summed E-state index contributed by atoms with van der Waals surface area (Å²) in [5, 5.41) is 6.89. The molecule has 6 nitrogen and oxygen atoms in total. The van der Waals surface area contributed by atoms with E-state index in [2.05, 4.69) is 34.2 Å². The number of hydrogen-bond acceptors (Lipinski definition) is 5. The van der Waals surface area contributed by atoms with Gasteiger partial charge >= 0.3 is 0 Å². The average Bonchev–Trinajstić information content (AvgIpc) is 3.17. The minimum Gasteiger partial charge on any atom is -0.364 e. The molecule has 1 unspecified atom stereocenters. The topological polar surface area (TPSA) is 61.6 Å². The minimum absolute atomic E-state index is 0.00487. The van der Waals surface area contributed by atoms with E-state index in [1.54, 1.807) is 6.07 Å². The number of piperidine rings is 1. The molecule has 23 heavy (non-hydrogen) atoms. The molecular formula is C17H28N4O2. The number of hydrogen-bond donors (Lipinski definition) is 1. The molecule has 0 saturated carbocycles. The fourth-order valence-electron chi connectivity index (χ4n) is 4.00. The van der Waals surface area contributed by atoms with Crippen LogP contribution in [0.15, 0.2) is 16.9 Å². The van der Waals surface area contributed by atoms with Gasteiger partial charge in [0.1, 0.15) is 12.0 Å². The number of rotatable bonds is 5. The highest BCUT2D eigenvalue weighted by molar-refractivity contribution is 5.82. The van der Waals surface area contributed by atoms with Crippen LogP contribution in [0.1, 0.15) is 38.3 Å². The van der Waals surface area contributed by atoms with Crippen LogP contribution >= 0.6 is 0 Å². The van der Waals surface area contributed by atoms with E-state index in [4.69, 9.17) is 4.52 Å². The Morgan fingerprint density at radius 1 is 1.48 bits per heavy atom. The summed E-state index contributed by atoms with van der Waals surface area (Å²) in [6.07, 6.45) is 6.02. The van der Waals surface area contributed by atoms with Crippen molar-refractivity contribution in [2.24, 2.45) is 5.41 Å². The molecule has 1 N–H and O–H groups in total. The van der Waals surface area contributed by atoms with Crippen LogP contribution in [0, 0.1) is 5.41 Å². The Labute approximate surface area is 138 Å². The summed E-state index contributed by atoms with van der Waals surface area (Å²) < 4.78 is 4.82. The highest BCUT2D eigenvalue weighted by Crippen LogP contribution is 2.43. The Balaban J connectivity index is 1.62. The van der Waals surface area contributed by atoms with Gasteiger partial charge in [0, 0.05) is 12.6 Å². The van der Waals surface area contributed by atoms with Crippen LogP contribution in [0.25, 0.3) is 0 Å². The summed E-state index contributed by atoms with van der Waals surface area (Å²) in [6, 6.07) is 1.79. The van der Waals surface area contributed by atoms with Gasteiger partial charge in [-0.15, -0.1) is 0 Å². The van der Waals surface area contributed by atoms with Crippen molar-refractivity contribution in [1.29, 1.82) is 0 Å². The zero-order valence-electron chi connectivity index (χ0n) is 14.3. The molecule has 128 valence electrons. The molecular weight excluding hydrogens is 292 g/mol. The number of likely N-dealkylation sites (tertiary alicyclic amines) is 2. The maximum Gasteiger partial charge on any atom is 0.237 e. The lowest BCUT2D eigenvalue weighted by molar-refractivity contribution is -0.125. The Hall–Kier alpha value is -1.40. The van der Waals surface area contributed by atoms with E-state index in [1.165, 1.54) is 19.1 Å². The molecule has 0 radical (unpaired) electrons. The van der Waals surface area contributed by atoms with E-state index in [0.717, 1.165) is 44.7 Å². The minimum atomic E-state index is 0.00487. The van der Waals surface area contributed by atoms with Crippen LogP contribution in [0.2, 0.25) is 0 Å². The van der Waals surface area contributed by atoms with Crippen molar-refractivity contribution in [2.75, 3.05) is 33.2 Å². The molecule has 0 aliphatic carbocycles. The molecule has 1 spiro atoms.